The average Bonchev–Trinajstić information content (AvgIpc) is 2.82. The number of nitrogens with one attached hydrogen (secondary N) is 1. The molecule has 0 spiro atoms. The second kappa shape index (κ2) is 9.58. The van der Waals surface area contributed by atoms with Crippen molar-refractivity contribution in [3.63, 3.8) is 0 Å². The topological polar surface area (TPSA) is 80.9 Å². The van der Waals surface area contributed by atoms with Crippen molar-refractivity contribution in [2.24, 2.45) is 11.7 Å². The maximum absolute atomic E-state index is 15.0. The van der Waals surface area contributed by atoms with Crippen molar-refractivity contribution in [1.82, 2.24) is 9.97 Å². The molecule has 1 aliphatic rings. The molecule has 1 fully saturated rings. The number of hydrogen-bond donors (Lipinski definition) is 2. The molecule has 0 aliphatic heterocycles. The molecule has 0 bridgehead atoms. The van der Waals surface area contributed by atoms with Crippen LogP contribution >= 0.6 is 0 Å². The van der Waals surface area contributed by atoms with E-state index >= 15 is 0 Å². The van der Waals surface area contributed by atoms with Gasteiger partial charge in [-0.25, -0.2) is 13.8 Å². The Morgan fingerprint density at radius 3 is 2.76 bits per heavy atom. The third-order valence-corrected chi connectivity index (χ3v) is 6.46. The fourth-order valence-electron chi connectivity index (χ4n) is 4.76. The second-order valence-electron chi connectivity index (χ2n) is 8.42. The Balaban J connectivity index is 1.71. The van der Waals surface area contributed by atoms with Crippen LogP contribution < -0.4 is 11.1 Å². The number of rotatable bonds is 6. The van der Waals surface area contributed by atoms with Crippen LogP contribution in [0.2, 0.25) is 0 Å². The summed E-state index contributed by atoms with van der Waals surface area (Å²) >= 11 is 0. The van der Waals surface area contributed by atoms with E-state index in [1.165, 1.54) is 12.1 Å². The Morgan fingerprint density at radius 1 is 1.18 bits per heavy atom. The highest BCUT2D eigenvalue weighted by molar-refractivity contribution is 5.75. The predicted octanol–water partition coefficient (Wildman–Crippen LogP) is 4.90. The van der Waals surface area contributed by atoms with Gasteiger partial charge < -0.3 is 11.1 Å². The van der Waals surface area contributed by atoms with Gasteiger partial charge in [-0.15, -0.1) is 0 Å². The third-order valence-electron chi connectivity index (χ3n) is 6.46. The van der Waals surface area contributed by atoms with E-state index in [2.05, 4.69) is 21.9 Å². The van der Waals surface area contributed by atoms with Crippen LogP contribution in [0.1, 0.15) is 40.4 Å². The molecule has 1 aliphatic carbocycles. The lowest BCUT2D eigenvalue weighted by Crippen LogP contribution is -2.35. The van der Waals surface area contributed by atoms with Gasteiger partial charge in [0, 0.05) is 24.8 Å². The van der Waals surface area contributed by atoms with Crippen LogP contribution in [0.25, 0.3) is 11.3 Å². The highest BCUT2D eigenvalue weighted by Gasteiger charge is 2.33. The number of hydrogen-bond acceptors (Lipinski definition) is 5. The predicted molar refractivity (Wildman–Crippen MR) is 125 cm³/mol. The zero-order valence-electron chi connectivity index (χ0n) is 18.4. The van der Waals surface area contributed by atoms with Gasteiger partial charge in [-0.05, 0) is 66.5 Å². The molecule has 0 amide bonds. The smallest absolute Gasteiger partial charge is 0.168 e. The fourth-order valence-corrected chi connectivity index (χ4v) is 4.76. The van der Waals surface area contributed by atoms with E-state index in [-0.39, 0.29) is 34.8 Å². The summed E-state index contributed by atoms with van der Waals surface area (Å²) in [6, 6.07) is 8.82. The Kier molecular flexibility index (Phi) is 6.60. The lowest BCUT2D eigenvalue weighted by atomic mass is 9.71. The number of nitrogens with two attached hydrogens (primary N) is 1. The maximum atomic E-state index is 15.0. The number of nitrogens with zero attached hydrogens (tertiary/aromatic N) is 2. The monoisotopic (exact) mass is 448 g/mol. The summed E-state index contributed by atoms with van der Waals surface area (Å²) in [7, 11) is 1.85. The number of carbonyl (C=O) groups is 1. The van der Waals surface area contributed by atoms with Crippen molar-refractivity contribution >= 4 is 12.0 Å². The van der Waals surface area contributed by atoms with Gasteiger partial charge in [0.1, 0.15) is 23.0 Å². The van der Waals surface area contributed by atoms with Gasteiger partial charge >= 0.3 is 0 Å². The molecule has 1 saturated carbocycles. The number of benzene rings is 1. The van der Waals surface area contributed by atoms with Crippen molar-refractivity contribution in [2.45, 2.75) is 31.2 Å². The summed E-state index contributed by atoms with van der Waals surface area (Å²) < 4.78 is 29.6. The summed E-state index contributed by atoms with van der Waals surface area (Å²) in [5.41, 5.74) is 9.99. The summed E-state index contributed by atoms with van der Waals surface area (Å²) in [6.45, 7) is 4.23. The first kappa shape index (κ1) is 22.7. The molecule has 33 heavy (non-hydrogen) atoms. The van der Waals surface area contributed by atoms with Crippen molar-refractivity contribution in [1.29, 1.82) is 0 Å². The average molecular weight is 449 g/mol. The van der Waals surface area contributed by atoms with Crippen molar-refractivity contribution in [3.8, 4) is 11.3 Å². The second-order valence-corrected chi connectivity index (χ2v) is 8.42. The van der Waals surface area contributed by atoms with Gasteiger partial charge in [-0.3, -0.25) is 9.78 Å². The molecule has 5 nitrogen and oxygen atoms in total. The van der Waals surface area contributed by atoms with Gasteiger partial charge in [0.2, 0.25) is 0 Å². The normalized spacial score (nSPS) is 20.5. The van der Waals surface area contributed by atoms with Crippen LogP contribution in [0.15, 0.2) is 60.9 Å². The molecule has 3 atom stereocenters. The highest BCUT2D eigenvalue weighted by Crippen LogP contribution is 2.42. The first-order valence-corrected chi connectivity index (χ1v) is 10.9. The Labute approximate surface area is 191 Å². The first-order chi connectivity index (χ1) is 15.9. The van der Waals surface area contributed by atoms with Crippen molar-refractivity contribution in [3.05, 3.63) is 89.4 Å². The number of halogens is 2. The van der Waals surface area contributed by atoms with E-state index < -0.39 is 11.6 Å². The lowest BCUT2D eigenvalue weighted by molar-refractivity contribution is 0.111. The van der Waals surface area contributed by atoms with Crippen LogP contribution in [0.3, 0.4) is 0 Å². The maximum Gasteiger partial charge on any atom is 0.168 e. The van der Waals surface area contributed by atoms with E-state index in [0.29, 0.717) is 18.3 Å². The molecule has 1 aromatic carbocycles. The number of pyridine rings is 2. The molecule has 2 aromatic heterocycles. The fraction of sp³-hybridized carbons (Fsp3) is 0.269. The van der Waals surface area contributed by atoms with E-state index in [9.17, 15) is 13.6 Å². The van der Waals surface area contributed by atoms with Crippen LogP contribution in [0.4, 0.5) is 14.5 Å². The van der Waals surface area contributed by atoms with Crippen LogP contribution in [-0.4, -0.2) is 29.3 Å². The molecular formula is C26H26F2N4O. The third kappa shape index (κ3) is 4.54. The van der Waals surface area contributed by atoms with Crippen LogP contribution in [0.5, 0.6) is 0 Å². The number of aldehydes is 1. The minimum Gasteiger partial charge on any atom is -0.387 e. The lowest BCUT2D eigenvalue weighted by Gasteiger charge is -2.36. The van der Waals surface area contributed by atoms with Gasteiger partial charge in [0.25, 0.3) is 0 Å². The van der Waals surface area contributed by atoms with Gasteiger partial charge in [-0.2, -0.15) is 0 Å². The summed E-state index contributed by atoms with van der Waals surface area (Å²) in [5, 5.41) is 3.18. The Hall–Kier alpha value is -3.45. The van der Waals surface area contributed by atoms with E-state index in [1.807, 2.05) is 13.1 Å². The molecule has 0 saturated heterocycles. The summed E-state index contributed by atoms with van der Waals surface area (Å²) in [4.78, 5) is 19.4. The molecular weight excluding hydrogens is 422 g/mol. The molecule has 7 heteroatoms. The quantitative estimate of drug-likeness (QED) is 0.414. The largest absolute Gasteiger partial charge is 0.387 e. The summed E-state index contributed by atoms with van der Waals surface area (Å²) in [5.74, 6) is -1.13. The van der Waals surface area contributed by atoms with Gasteiger partial charge in [-0.1, -0.05) is 24.3 Å². The van der Waals surface area contributed by atoms with Crippen molar-refractivity contribution in [2.75, 3.05) is 12.4 Å². The molecule has 170 valence electrons. The summed E-state index contributed by atoms with van der Waals surface area (Å²) in [6.07, 6.45) is 6.03. The Morgan fingerprint density at radius 2 is 2.00 bits per heavy atom. The first-order valence-electron chi connectivity index (χ1n) is 10.9. The van der Waals surface area contributed by atoms with Crippen molar-refractivity contribution < 1.29 is 13.6 Å². The molecule has 2 heterocycles. The number of carbonyl (C=O) groups excluding carboxylic acids is 1. The standard InChI is InChI=1S/C26H26F2N4O/c1-15-17(11-18(12-23(15)29)20-8-9-31-13-24(20)30-2)10-16-4-3-5-21(27)25(16)26-22(28)7-6-19(14-33)32-26/h3-9,13-14,17-18,23,30H,1,10-12,29H2,2H3. The molecule has 3 aromatic rings. The highest BCUT2D eigenvalue weighted by atomic mass is 19.1. The Bertz CT molecular complexity index is 1200. The van der Waals surface area contributed by atoms with E-state index in [1.54, 1.807) is 24.5 Å². The zero-order chi connectivity index (χ0) is 23.5. The minimum atomic E-state index is -0.681. The molecule has 3 unspecified atom stereocenters. The number of aromatic nitrogens is 2. The van der Waals surface area contributed by atoms with Gasteiger partial charge in [0.05, 0.1) is 11.9 Å². The van der Waals surface area contributed by atoms with E-state index in [4.69, 9.17) is 5.73 Å². The van der Waals surface area contributed by atoms with Crippen LogP contribution in [0, 0.1) is 17.6 Å². The SMILES string of the molecule is C=C1C(N)CC(c2ccncc2NC)CC1Cc1cccc(F)c1-c1nc(C=O)ccc1F. The van der Waals surface area contributed by atoms with Gasteiger partial charge in [0.15, 0.2) is 6.29 Å². The number of anilines is 1. The molecule has 0 radical (unpaired) electrons. The molecule has 3 N–H and O–H groups in total. The minimum absolute atomic E-state index is 0.0329. The zero-order valence-corrected chi connectivity index (χ0v) is 18.4. The van der Waals surface area contributed by atoms with Crippen LogP contribution in [-0.2, 0) is 6.42 Å². The van der Waals surface area contributed by atoms with E-state index in [0.717, 1.165) is 35.7 Å². The molecule has 4 rings (SSSR count).